The Labute approximate surface area is 69.1 Å². The van der Waals surface area contributed by atoms with Gasteiger partial charge in [0.15, 0.2) is 0 Å². The summed E-state index contributed by atoms with van der Waals surface area (Å²) in [7, 11) is 0. The fourth-order valence-electron chi connectivity index (χ4n) is 0.891. The van der Waals surface area contributed by atoms with Crippen molar-refractivity contribution in [1.29, 1.82) is 0 Å². The van der Waals surface area contributed by atoms with E-state index in [0.717, 1.165) is 5.56 Å². The lowest BCUT2D eigenvalue weighted by Gasteiger charge is -1.96. The molecule has 59 valence electrons. The third-order valence-electron chi connectivity index (χ3n) is 1.41. The van der Waals surface area contributed by atoms with Crippen molar-refractivity contribution >= 4 is 0 Å². The molecule has 2 rings (SSSR count). The third kappa shape index (κ3) is 1.45. The Kier molecular flexibility index (Phi) is 1.77. The van der Waals surface area contributed by atoms with Crippen molar-refractivity contribution in [2.45, 2.75) is 6.54 Å². The minimum Gasteiger partial charge on any atom is -0.264 e. The number of nitrogens with zero attached hydrogens (tertiary/aromatic N) is 5. The highest BCUT2D eigenvalue weighted by atomic mass is 15.5. The van der Waals surface area contributed by atoms with Gasteiger partial charge in [-0.2, -0.15) is 0 Å². The van der Waals surface area contributed by atoms with E-state index in [4.69, 9.17) is 0 Å². The van der Waals surface area contributed by atoms with E-state index < -0.39 is 0 Å². The average Bonchev–Trinajstić information content (AvgIpc) is 2.59. The fourth-order valence-corrected chi connectivity index (χ4v) is 0.891. The first-order chi connectivity index (χ1) is 5.95. The molecule has 0 aliphatic carbocycles. The van der Waals surface area contributed by atoms with Gasteiger partial charge in [-0.15, -0.1) is 5.10 Å². The largest absolute Gasteiger partial charge is 0.264 e. The highest BCUT2D eigenvalue weighted by Gasteiger charge is 1.94. The van der Waals surface area contributed by atoms with Gasteiger partial charge >= 0.3 is 0 Å². The van der Waals surface area contributed by atoms with Gasteiger partial charge in [-0.05, 0) is 22.1 Å². The van der Waals surface area contributed by atoms with Crippen LogP contribution in [0.25, 0.3) is 0 Å². The van der Waals surface area contributed by atoms with Crippen LogP contribution < -0.4 is 0 Å². The maximum Gasteiger partial charge on any atom is 0.221 e. The van der Waals surface area contributed by atoms with Crippen molar-refractivity contribution < 1.29 is 0 Å². The summed E-state index contributed by atoms with van der Waals surface area (Å²) in [4.78, 5) is 3.97. The first-order valence-electron chi connectivity index (χ1n) is 3.48. The molecular formula is C7H6N5. The number of pyridine rings is 1. The van der Waals surface area contributed by atoms with E-state index in [9.17, 15) is 0 Å². The summed E-state index contributed by atoms with van der Waals surface area (Å²) in [6.07, 6.45) is 6.10. The summed E-state index contributed by atoms with van der Waals surface area (Å²) >= 11 is 0. The van der Waals surface area contributed by atoms with Crippen LogP contribution in [0.15, 0.2) is 24.5 Å². The van der Waals surface area contributed by atoms with Crippen LogP contribution in [-0.2, 0) is 6.54 Å². The van der Waals surface area contributed by atoms with Crippen LogP contribution in [0, 0.1) is 6.33 Å². The van der Waals surface area contributed by atoms with Crippen LogP contribution in [-0.4, -0.2) is 25.2 Å². The summed E-state index contributed by atoms with van der Waals surface area (Å²) in [5, 5.41) is 10.6. The average molecular weight is 160 g/mol. The standard InChI is InChI=1S/C7H6N5/c1-2-7(4-8-3-1)5-12-6-9-10-11-12/h1-4H,5H2. The minimum atomic E-state index is 0.612. The van der Waals surface area contributed by atoms with E-state index in [1.165, 1.54) is 4.68 Å². The highest BCUT2D eigenvalue weighted by molar-refractivity contribution is 5.07. The van der Waals surface area contributed by atoms with Crippen LogP contribution in [0.1, 0.15) is 5.56 Å². The van der Waals surface area contributed by atoms with Crippen LogP contribution in [0.3, 0.4) is 0 Å². The monoisotopic (exact) mass is 160 g/mol. The summed E-state index contributed by atoms with van der Waals surface area (Å²) in [6, 6.07) is 3.84. The first kappa shape index (κ1) is 6.90. The third-order valence-corrected chi connectivity index (χ3v) is 1.41. The molecule has 1 radical (unpaired) electrons. The van der Waals surface area contributed by atoms with E-state index >= 15 is 0 Å². The maximum atomic E-state index is 3.97. The lowest BCUT2D eigenvalue weighted by atomic mass is 10.3. The minimum absolute atomic E-state index is 0.612. The molecule has 0 saturated heterocycles. The van der Waals surface area contributed by atoms with Gasteiger partial charge in [0, 0.05) is 12.4 Å². The predicted octanol–water partition coefficient (Wildman–Crippen LogP) is -0.0834. The summed E-state index contributed by atoms with van der Waals surface area (Å²) < 4.78 is 1.52. The van der Waals surface area contributed by atoms with Gasteiger partial charge in [-0.1, -0.05) is 6.07 Å². The summed E-state index contributed by atoms with van der Waals surface area (Å²) in [6.45, 7) is 0.612. The number of aromatic nitrogens is 5. The van der Waals surface area contributed by atoms with E-state index in [1.54, 1.807) is 12.4 Å². The topological polar surface area (TPSA) is 56.5 Å². The van der Waals surface area contributed by atoms with Crippen molar-refractivity contribution in [2.75, 3.05) is 0 Å². The molecule has 12 heavy (non-hydrogen) atoms. The Morgan fingerprint density at radius 1 is 1.50 bits per heavy atom. The van der Waals surface area contributed by atoms with Crippen LogP contribution in [0.5, 0.6) is 0 Å². The predicted molar refractivity (Wildman–Crippen MR) is 40.0 cm³/mol. The molecule has 2 heterocycles. The zero-order chi connectivity index (χ0) is 8.23. The summed E-state index contributed by atoms with van der Waals surface area (Å²) in [5.74, 6) is 0. The Balaban J connectivity index is 2.15. The molecule has 0 bridgehead atoms. The molecule has 0 N–H and O–H groups in total. The number of tetrazole rings is 1. The molecule has 2 aromatic rings. The van der Waals surface area contributed by atoms with Gasteiger partial charge < -0.3 is 0 Å². The molecule has 2 aromatic heterocycles. The zero-order valence-electron chi connectivity index (χ0n) is 6.25. The van der Waals surface area contributed by atoms with Crippen LogP contribution in [0.2, 0.25) is 0 Å². The summed E-state index contributed by atoms with van der Waals surface area (Å²) in [5.41, 5.74) is 1.06. The Bertz CT molecular complexity index is 328. The van der Waals surface area contributed by atoms with Gasteiger partial charge in [0.25, 0.3) is 0 Å². The first-order valence-corrected chi connectivity index (χ1v) is 3.48. The maximum absolute atomic E-state index is 3.97. The SMILES string of the molecule is [c]1nnnn1Cc1cccnc1. The van der Waals surface area contributed by atoms with Crippen molar-refractivity contribution in [3.63, 3.8) is 0 Å². The molecule has 0 saturated carbocycles. The van der Waals surface area contributed by atoms with Crippen molar-refractivity contribution in [3.05, 3.63) is 36.4 Å². The molecule has 0 aliphatic heterocycles. The van der Waals surface area contributed by atoms with Gasteiger partial charge in [0.1, 0.15) is 0 Å². The second-order valence-corrected chi connectivity index (χ2v) is 2.30. The Morgan fingerprint density at radius 3 is 3.17 bits per heavy atom. The molecule has 0 spiro atoms. The number of hydrogen-bond acceptors (Lipinski definition) is 4. The molecule has 0 amide bonds. The molecule has 0 aromatic carbocycles. The van der Waals surface area contributed by atoms with Gasteiger partial charge in [0.05, 0.1) is 6.54 Å². The van der Waals surface area contributed by atoms with E-state index in [1.807, 2.05) is 12.1 Å². The molecule has 5 heteroatoms. The zero-order valence-corrected chi connectivity index (χ0v) is 6.25. The van der Waals surface area contributed by atoms with Crippen molar-refractivity contribution in [2.24, 2.45) is 0 Å². The number of rotatable bonds is 2. The second-order valence-electron chi connectivity index (χ2n) is 2.30. The second kappa shape index (κ2) is 3.08. The molecule has 0 fully saturated rings. The van der Waals surface area contributed by atoms with E-state index in [-0.39, 0.29) is 0 Å². The molecule has 0 atom stereocenters. The molecule has 0 unspecified atom stereocenters. The normalized spacial score (nSPS) is 10.0. The van der Waals surface area contributed by atoms with E-state index in [0.29, 0.717) is 6.54 Å². The van der Waals surface area contributed by atoms with Crippen molar-refractivity contribution in [1.82, 2.24) is 25.2 Å². The quantitative estimate of drug-likeness (QED) is 0.616. The molecule has 5 nitrogen and oxygen atoms in total. The van der Waals surface area contributed by atoms with Gasteiger partial charge in [-0.3, -0.25) is 4.98 Å². The van der Waals surface area contributed by atoms with Crippen molar-refractivity contribution in [3.8, 4) is 0 Å². The molecular weight excluding hydrogens is 154 g/mol. The van der Waals surface area contributed by atoms with Crippen LogP contribution in [0.4, 0.5) is 0 Å². The lowest BCUT2D eigenvalue weighted by Crippen LogP contribution is -2.00. The Morgan fingerprint density at radius 2 is 2.50 bits per heavy atom. The van der Waals surface area contributed by atoms with Crippen LogP contribution >= 0.6 is 0 Å². The fraction of sp³-hybridized carbons (Fsp3) is 0.143. The number of hydrogen-bond donors (Lipinski definition) is 0. The highest BCUT2D eigenvalue weighted by Crippen LogP contribution is 1.96. The molecule has 0 aliphatic rings. The van der Waals surface area contributed by atoms with Gasteiger partial charge in [0.2, 0.25) is 6.33 Å². The van der Waals surface area contributed by atoms with E-state index in [2.05, 4.69) is 26.8 Å². The Hall–Kier alpha value is -1.78. The smallest absolute Gasteiger partial charge is 0.221 e. The van der Waals surface area contributed by atoms with Gasteiger partial charge in [-0.25, -0.2) is 4.68 Å². The lowest BCUT2D eigenvalue weighted by molar-refractivity contribution is 0.643.